The molecular formula is C10H12F3N3O. The van der Waals surface area contributed by atoms with Crippen molar-refractivity contribution >= 4 is 5.96 Å². The maximum atomic E-state index is 12.6. The van der Waals surface area contributed by atoms with Crippen LogP contribution in [0.4, 0.5) is 13.2 Å². The average Bonchev–Trinajstić information content (AvgIpc) is 2.24. The molecule has 1 aromatic carbocycles. The number of hydrogen-bond donors (Lipinski definition) is 2. The molecule has 0 aliphatic rings. The van der Waals surface area contributed by atoms with E-state index in [1.54, 1.807) is 0 Å². The van der Waals surface area contributed by atoms with Crippen LogP contribution < -0.4 is 16.2 Å². The molecule has 4 N–H and O–H groups in total. The minimum atomic E-state index is -4.47. The lowest BCUT2D eigenvalue weighted by atomic mass is 10.1. The molecule has 7 heteroatoms. The van der Waals surface area contributed by atoms with Crippen molar-refractivity contribution in [1.82, 2.24) is 0 Å². The lowest BCUT2D eigenvalue weighted by Crippen LogP contribution is -2.22. The fourth-order valence-corrected chi connectivity index (χ4v) is 1.26. The third-order valence-electron chi connectivity index (χ3n) is 2.01. The van der Waals surface area contributed by atoms with Crippen LogP contribution in [0.15, 0.2) is 23.2 Å². The van der Waals surface area contributed by atoms with Gasteiger partial charge in [-0.25, -0.2) is 4.99 Å². The Labute approximate surface area is 96.1 Å². The van der Waals surface area contributed by atoms with Crippen molar-refractivity contribution in [2.45, 2.75) is 12.7 Å². The van der Waals surface area contributed by atoms with Crippen molar-refractivity contribution in [3.05, 3.63) is 29.3 Å². The number of guanidine groups is 1. The molecule has 0 amide bonds. The number of methoxy groups -OCH3 is 1. The lowest BCUT2D eigenvalue weighted by Gasteiger charge is -2.12. The van der Waals surface area contributed by atoms with Crippen LogP contribution >= 0.6 is 0 Å². The summed E-state index contributed by atoms with van der Waals surface area (Å²) in [5, 5.41) is 0. The van der Waals surface area contributed by atoms with Gasteiger partial charge in [0.15, 0.2) is 5.96 Å². The highest BCUT2D eigenvalue weighted by atomic mass is 19.4. The molecule has 94 valence electrons. The zero-order chi connectivity index (χ0) is 13.1. The summed E-state index contributed by atoms with van der Waals surface area (Å²) < 4.78 is 42.6. The summed E-state index contributed by atoms with van der Waals surface area (Å²) in [6, 6.07) is 3.67. The molecular weight excluding hydrogens is 235 g/mol. The Morgan fingerprint density at radius 1 is 1.35 bits per heavy atom. The number of alkyl halides is 3. The number of halogens is 3. The van der Waals surface area contributed by atoms with E-state index in [9.17, 15) is 13.2 Å². The van der Waals surface area contributed by atoms with Gasteiger partial charge in [0.1, 0.15) is 5.75 Å². The maximum absolute atomic E-state index is 12.6. The summed E-state index contributed by atoms with van der Waals surface area (Å²) in [5.41, 5.74) is 9.71. The minimum absolute atomic E-state index is 0.00456. The summed E-state index contributed by atoms with van der Waals surface area (Å²) in [5.74, 6) is -0.402. The Kier molecular flexibility index (Phi) is 3.82. The summed E-state index contributed by atoms with van der Waals surface area (Å²) in [7, 11) is 1.18. The van der Waals surface area contributed by atoms with Crippen molar-refractivity contribution in [2.75, 3.05) is 7.11 Å². The van der Waals surface area contributed by atoms with Crippen molar-refractivity contribution in [3.63, 3.8) is 0 Å². The topological polar surface area (TPSA) is 73.6 Å². The quantitative estimate of drug-likeness (QED) is 0.627. The molecule has 1 rings (SSSR count). The van der Waals surface area contributed by atoms with E-state index >= 15 is 0 Å². The molecule has 0 aliphatic carbocycles. The highest BCUT2D eigenvalue weighted by Gasteiger charge is 2.34. The fraction of sp³-hybridized carbons (Fsp3) is 0.300. The predicted octanol–water partition coefficient (Wildman–Crippen LogP) is 1.49. The van der Waals surface area contributed by atoms with Crippen molar-refractivity contribution in [2.24, 2.45) is 16.5 Å². The summed E-state index contributed by atoms with van der Waals surface area (Å²) in [4.78, 5) is 3.64. The number of rotatable bonds is 3. The number of nitrogens with two attached hydrogens (primary N) is 2. The molecule has 1 aromatic rings. The van der Waals surface area contributed by atoms with Crippen LogP contribution in [-0.2, 0) is 12.7 Å². The second kappa shape index (κ2) is 4.94. The van der Waals surface area contributed by atoms with Crippen molar-refractivity contribution in [3.8, 4) is 5.75 Å². The van der Waals surface area contributed by atoms with Crippen LogP contribution in [0.2, 0.25) is 0 Å². The molecule has 0 fully saturated rings. The monoisotopic (exact) mass is 247 g/mol. The highest BCUT2D eigenvalue weighted by molar-refractivity contribution is 5.75. The van der Waals surface area contributed by atoms with Crippen molar-refractivity contribution in [1.29, 1.82) is 0 Å². The second-order valence-electron chi connectivity index (χ2n) is 3.27. The fourth-order valence-electron chi connectivity index (χ4n) is 1.26. The molecule has 0 saturated carbocycles. The van der Waals surface area contributed by atoms with E-state index in [1.165, 1.54) is 19.2 Å². The summed E-state index contributed by atoms with van der Waals surface area (Å²) in [6.45, 7) is -0.00456. The predicted molar refractivity (Wildman–Crippen MR) is 57.5 cm³/mol. The lowest BCUT2D eigenvalue weighted by molar-refractivity contribution is -0.138. The van der Waals surface area contributed by atoms with Crippen LogP contribution in [-0.4, -0.2) is 13.1 Å². The third kappa shape index (κ3) is 3.54. The van der Waals surface area contributed by atoms with Crippen LogP contribution in [0.5, 0.6) is 5.75 Å². The Morgan fingerprint density at radius 2 is 2.00 bits per heavy atom. The standard InChI is InChI=1S/C10H12F3N3O/c1-17-8-3-2-6(5-16-9(14)15)4-7(8)10(11,12)13/h2-4H,5H2,1H3,(H4,14,15,16). The van der Waals surface area contributed by atoms with Crippen LogP contribution in [0, 0.1) is 0 Å². The number of nitrogens with zero attached hydrogens (tertiary/aromatic N) is 1. The van der Waals surface area contributed by atoms with E-state index in [0.29, 0.717) is 5.56 Å². The van der Waals surface area contributed by atoms with E-state index in [4.69, 9.17) is 11.5 Å². The zero-order valence-electron chi connectivity index (χ0n) is 9.08. The first-order valence-electron chi connectivity index (χ1n) is 4.64. The van der Waals surface area contributed by atoms with E-state index in [2.05, 4.69) is 9.73 Å². The maximum Gasteiger partial charge on any atom is 0.419 e. The number of aliphatic imine (C=N–C) groups is 1. The van der Waals surface area contributed by atoms with E-state index in [1.807, 2.05) is 0 Å². The smallest absolute Gasteiger partial charge is 0.419 e. The number of hydrogen-bond acceptors (Lipinski definition) is 2. The second-order valence-corrected chi connectivity index (χ2v) is 3.27. The van der Waals surface area contributed by atoms with E-state index in [0.717, 1.165) is 6.07 Å². The Hall–Kier alpha value is -1.92. The van der Waals surface area contributed by atoms with Crippen LogP contribution in [0.3, 0.4) is 0 Å². The first kappa shape index (κ1) is 13.1. The Morgan fingerprint density at radius 3 is 2.47 bits per heavy atom. The minimum Gasteiger partial charge on any atom is -0.496 e. The first-order valence-corrected chi connectivity index (χ1v) is 4.64. The van der Waals surface area contributed by atoms with E-state index in [-0.39, 0.29) is 18.3 Å². The summed E-state index contributed by atoms with van der Waals surface area (Å²) >= 11 is 0. The van der Waals surface area contributed by atoms with Gasteiger partial charge in [0.2, 0.25) is 0 Å². The van der Waals surface area contributed by atoms with E-state index < -0.39 is 11.7 Å². The molecule has 0 saturated heterocycles. The molecule has 0 spiro atoms. The molecule has 0 unspecified atom stereocenters. The molecule has 4 nitrogen and oxygen atoms in total. The van der Waals surface area contributed by atoms with Gasteiger partial charge in [0.05, 0.1) is 19.2 Å². The normalized spacial score (nSPS) is 11.1. The third-order valence-corrected chi connectivity index (χ3v) is 2.01. The summed E-state index contributed by atoms with van der Waals surface area (Å²) in [6.07, 6.45) is -4.47. The molecule has 0 heterocycles. The number of ether oxygens (including phenoxy) is 1. The van der Waals surface area contributed by atoms with Gasteiger partial charge in [-0.3, -0.25) is 0 Å². The number of benzene rings is 1. The Bertz CT molecular complexity index is 425. The van der Waals surface area contributed by atoms with Crippen LogP contribution in [0.1, 0.15) is 11.1 Å². The largest absolute Gasteiger partial charge is 0.496 e. The molecule has 17 heavy (non-hydrogen) atoms. The van der Waals surface area contributed by atoms with Gasteiger partial charge in [0, 0.05) is 0 Å². The zero-order valence-corrected chi connectivity index (χ0v) is 9.08. The molecule has 0 aromatic heterocycles. The SMILES string of the molecule is COc1ccc(CN=C(N)N)cc1C(F)(F)F. The van der Waals surface area contributed by atoms with Gasteiger partial charge in [-0.1, -0.05) is 6.07 Å². The first-order chi connectivity index (χ1) is 7.84. The van der Waals surface area contributed by atoms with Gasteiger partial charge in [0.25, 0.3) is 0 Å². The van der Waals surface area contributed by atoms with Gasteiger partial charge in [-0.05, 0) is 17.7 Å². The molecule has 0 bridgehead atoms. The van der Waals surface area contributed by atoms with Gasteiger partial charge in [-0.15, -0.1) is 0 Å². The molecule has 0 aliphatic heterocycles. The van der Waals surface area contributed by atoms with Crippen molar-refractivity contribution < 1.29 is 17.9 Å². The highest BCUT2D eigenvalue weighted by Crippen LogP contribution is 2.36. The molecule has 0 atom stereocenters. The van der Waals surface area contributed by atoms with Gasteiger partial charge >= 0.3 is 6.18 Å². The Balaban J connectivity index is 3.09. The average molecular weight is 247 g/mol. The van der Waals surface area contributed by atoms with Crippen LogP contribution in [0.25, 0.3) is 0 Å². The van der Waals surface area contributed by atoms with Gasteiger partial charge in [-0.2, -0.15) is 13.2 Å². The van der Waals surface area contributed by atoms with Gasteiger partial charge < -0.3 is 16.2 Å². The molecule has 0 radical (unpaired) electrons.